The summed E-state index contributed by atoms with van der Waals surface area (Å²) >= 11 is 1.35. The summed E-state index contributed by atoms with van der Waals surface area (Å²) in [5.74, 6) is 0. The molecule has 2 N–H and O–H groups in total. The number of nitrogens with one attached hydrogen (secondary N) is 2. The second kappa shape index (κ2) is 7.00. The molecular formula is C13H22N2O3S2. The van der Waals surface area contributed by atoms with Gasteiger partial charge in [-0.05, 0) is 51.9 Å². The Balaban J connectivity index is 2.00. The Morgan fingerprint density at radius 1 is 1.45 bits per heavy atom. The van der Waals surface area contributed by atoms with Gasteiger partial charge in [0.15, 0.2) is 0 Å². The molecule has 0 aromatic carbocycles. The summed E-state index contributed by atoms with van der Waals surface area (Å²) in [7, 11) is -1.51. The molecule has 2 unspecified atom stereocenters. The highest BCUT2D eigenvalue weighted by atomic mass is 32.2. The van der Waals surface area contributed by atoms with Crippen molar-refractivity contribution in [2.75, 3.05) is 20.2 Å². The van der Waals surface area contributed by atoms with Gasteiger partial charge in [-0.1, -0.05) is 0 Å². The first kappa shape index (κ1) is 15.9. The zero-order chi connectivity index (χ0) is 14.6. The molecule has 0 aliphatic carbocycles. The van der Waals surface area contributed by atoms with Gasteiger partial charge in [-0.15, -0.1) is 11.3 Å². The molecule has 20 heavy (non-hydrogen) atoms. The Hall–Kier alpha value is -0.470. The van der Waals surface area contributed by atoms with Crippen LogP contribution in [0.1, 0.15) is 24.6 Å². The molecule has 2 rings (SSSR count). The first-order valence-electron chi connectivity index (χ1n) is 6.88. The van der Waals surface area contributed by atoms with Crippen molar-refractivity contribution < 1.29 is 13.2 Å². The molecule has 1 aromatic rings. The molecule has 0 amide bonds. The molecule has 1 saturated heterocycles. The van der Waals surface area contributed by atoms with E-state index in [9.17, 15) is 8.42 Å². The number of hydrogen-bond donors (Lipinski definition) is 2. The highest BCUT2D eigenvalue weighted by Gasteiger charge is 2.25. The largest absolute Gasteiger partial charge is 0.378 e. The molecule has 1 aromatic heterocycles. The second-order valence-corrected chi connectivity index (χ2v) is 8.21. The lowest BCUT2D eigenvalue weighted by Gasteiger charge is -2.27. The van der Waals surface area contributed by atoms with Crippen molar-refractivity contribution in [2.24, 2.45) is 0 Å². The third kappa shape index (κ3) is 4.26. The minimum atomic E-state index is -3.39. The van der Waals surface area contributed by atoms with Crippen LogP contribution in [0.3, 0.4) is 0 Å². The number of hydrogen-bond acceptors (Lipinski definition) is 5. The average Bonchev–Trinajstić information content (AvgIpc) is 2.85. The molecule has 1 aliphatic rings. The Bertz CT molecular complexity index is 527. The van der Waals surface area contributed by atoms with Crippen molar-refractivity contribution in [1.82, 2.24) is 10.0 Å². The number of rotatable bonds is 6. The van der Waals surface area contributed by atoms with Crippen molar-refractivity contribution in [3.8, 4) is 0 Å². The van der Waals surface area contributed by atoms with Gasteiger partial charge in [-0.2, -0.15) is 0 Å². The zero-order valence-corrected chi connectivity index (χ0v) is 13.5. The van der Waals surface area contributed by atoms with E-state index in [1.807, 2.05) is 20.0 Å². The van der Waals surface area contributed by atoms with Crippen LogP contribution in [-0.2, 0) is 21.2 Å². The van der Waals surface area contributed by atoms with Crippen molar-refractivity contribution in [3.63, 3.8) is 0 Å². The highest BCUT2D eigenvalue weighted by Crippen LogP contribution is 2.23. The van der Waals surface area contributed by atoms with Crippen LogP contribution in [-0.4, -0.2) is 40.8 Å². The van der Waals surface area contributed by atoms with Crippen molar-refractivity contribution >= 4 is 21.4 Å². The average molecular weight is 318 g/mol. The van der Waals surface area contributed by atoms with Gasteiger partial charge in [0.2, 0.25) is 10.0 Å². The fourth-order valence-electron chi connectivity index (χ4n) is 2.27. The van der Waals surface area contributed by atoms with E-state index in [0.717, 1.165) is 30.7 Å². The van der Waals surface area contributed by atoms with Gasteiger partial charge in [0.1, 0.15) is 4.21 Å². The SMILES string of the molecule is CNCCc1ccc(S(=O)(=O)NC2CCOC(C)C2)s1. The Morgan fingerprint density at radius 3 is 2.95 bits per heavy atom. The molecule has 5 nitrogen and oxygen atoms in total. The van der Waals surface area contributed by atoms with E-state index < -0.39 is 10.0 Å². The summed E-state index contributed by atoms with van der Waals surface area (Å²) in [6, 6.07) is 3.57. The summed E-state index contributed by atoms with van der Waals surface area (Å²) < 4.78 is 33.3. The van der Waals surface area contributed by atoms with Crippen molar-refractivity contribution in [2.45, 2.75) is 42.5 Å². The quantitative estimate of drug-likeness (QED) is 0.831. The van der Waals surface area contributed by atoms with Gasteiger partial charge in [-0.3, -0.25) is 0 Å². The van der Waals surface area contributed by atoms with Crippen LogP contribution in [0, 0.1) is 0 Å². The van der Waals surface area contributed by atoms with Crippen LogP contribution >= 0.6 is 11.3 Å². The maximum atomic E-state index is 12.3. The minimum Gasteiger partial charge on any atom is -0.378 e. The number of sulfonamides is 1. The summed E-state index contributed by atoms with van der Waals surface area (Å²) in [5, 5.41) is 3.06. The van der Waals surface area contributed by atoms with Crippen LogP contribution in [0.15, 0.2) is 16.3 Å². The monoisotopic (exact) mass is 318 g/mol. The lowest BCUT2D eigenvalue weighted by Crippen LogP contribution is -2.40. The lowest BCUT2D eigenvalue weighted by molar-refractivity contribution is 0.0173. The van der Waals surface area contributed by atoms with E-state index in [-0.39, 0.29) is 12.1 Å². The van der Waals surface area contributed by atoms with E-state index in [1.54, 1.807) is 6.07 Å². The van der Waals surface area contributed by atoms with Gasteiger partial charge < -0.3 is 10.1 Å². The molecule has 1 aliphatic heterocycles. The van der Waals surface area contributed by atoms with Gasteiger partial charge >= 0.3 is 0 Å². The molecule has 0 bridgehead atoms. The van der Waals surface area contributed by atoms with E-state index in [1.165, 1.54) is 11.3 Å². The van der Waals surface area contributed by atoms with E-state index in [2.05, 4.69) is 10.0 Å². The summed E-state index contributed by atoms with van der Waals surface area (Å²) in [6.07, 6.45) is 2.44. The zero-order valence-electron chi connectivity index (χ0n) is 11.9. The van der Waals surface area contributed by atoms with E-state index in [4.69, 9.17) is 4.74 Å². The normalized spacial score (nSPS) is 23.9. The van der Waals surface area contributed by atoms with Gasteiger partial charge in [0.05, 0.1) is 6.10 Å². The maximum absolute atomic E-state index is 12.3. The molecule has 7 heteroatoms. The molecule has 1 fully saturated rings. The first-order chi connectivity index (χ1) is 9.51. The smallest absolute Gasteiger partial charge is 0.250 e. The fourth-order valence-corrected chi connectivity index (χ4v) is 4.92. The van der Waals surface area contributed by atoms with Crippen LogP contribution in [0.2, 0.25) is 0 Å². The molecular weight excluding hydrogens is 296 g/mol. The van der Waals surface area contributed by atoms with Gasteiger partial charge in [-0.25, -0.2) is 13.1 Å². The number of likely N-dealkylation sites (N-methyl/N-ethyl adjacent to an activating group) is 1. The lowest BCUT2D eigenvalue weighted by atomic mass is 10.1. The Kier molecular flexibility index (Phi) is 5.57. The van der Waals surface area contributed by atoms with Gasteiger partial charge in [0.25, 0.3) is 0 Å². The van der Waals surface area contributed by atoms with Crippen molar-refractivity contribution in [1.29, 1.82) is 0 Å². The Labute approximate surface area is 124 Å². The van der Waals surface area contributed by atoms with Crippen LogP contribution < -0.4 is 10.0 Å². The van der Waals surface area contributed by atoms with Crippen LogP contribution in [0.25, 0.3) is 0 Å². The van der Waals surface area contributed by atoms with Crippen LogP contribution in [0.4, 0.5) is 0 Å². The summed E-state index contributed by atoms with van der Waals surface area (Å²) in [6.45, 7) is 3.44. The third-order valence-corrected chi connectivity index (χ3v) is 6.49. The predicted molar refractivity (Wildman–Crippen MR) is 80.7 cm³/mol. The molecule has 0 saturated carbocycles. The molecule has 0 spiro atoms. The molecule has 2 heterocycles. The molecule has 2 atom stereocenters. The number of thiophene rings is 1. The summed E-state index contributed by atoms with van der Waals surface area (Å²) in [5.41, 5.74) is 0. The molecule has 114 valence electrons. The number of ether oxygens (including phenoxy) is 1. The maximum Gasteiger partial charge on any atom is 0.250 e. The third-order valence-electron chi connectivity index (χ3n) is 3.33. The predicted octanol–water partition coefficient (Wildman–Crippen LogP) is 1.36. The minimum absolute atomic E-state index is 0.0217. The first-order valence-corrected chi connectivity index (χ1v) is 9.18. The topological polar surface area (TPSA) is 67.4 Å². The fraction of sp³-hybridized carbons (Fsp3) is 0.692. The molecule has 0 radical (unpaired) electrons. The highest BCUT2D eigenvalue weighted by molar-refractivity contribution is 7.91. The van der Waals surface area contributed by atoms with E-state index >= 15 is 0 Å². The van der Waals surface area contributed by atoms with Gasteiger partial charge in [0, 0.05) is 17.5 Å². The summed E-state index contributed by atoms with van der Waals surface area (Å²) in [4.78, 5) is 1.08. The Morgan fingerprint density at radius 2 is 2.25 bits per heavy atom. The second-order valence-electron chi connectivity index (χ2n) is 5.10. The van der Waals surface area contributed by atoms with Crippen molar-refractivity contribution in [3.05, 3.63) is 17.0 Å². The van der Waals surface area contributed by atoms with E-state index in [0.29, 0.717) is 10.8 Å². The standard InChI is InChI=1S/C13H22N2O3S2/c1-10-9-11(6-8-18-10)15-20(16,17)13-4-3-12(19-13)5-7-14-2/h3-4,10-11,14-15H,5-9H2,1-2H3. The van der Waals surface area contributed by atoms with Crippen LogP contribution in [0.5, 0.6) is 0 Å².